The van der Waals surface area contributed by atoms with E-state index < -0.39 is 0 Å². The Bertz CT molecular complexity index is 1210. The monoisotopic (exact) mass is 442 g/mol. The molecule has 5 nitrogen and oxygen atoms in total. The number of aliphatic imine (C=N–C) groups is 1. The molecule has 0 aliphatic heterocycles. The first-order chi connectivity index (χ1) is 16.1. The van der Waals surface area contributed by atoms with Gasteiger partial charge < -0.3 is 19.6 Å². The van der Waals surface area contributed by atoms with E-state index in [-0.39, 0.29) is 6.04 Å². The van der Waals surface area contributed by atoms with Crippen molar-refractivity contribution < 1.29 is 13.9 Å². The van der Waals surface area contributed by atoms with Crippen LogP contribution in [0.4, 0.5) is 0 Å². The van der Waals surface area contributed by atoms with Gasteiger partial charge in [0.25, 0.3) is 0 Å². The van der Waals surface area contributed by atoms with Crippen LogP contribution in [-0.4, -0.2) is 25.1 Å². The molecule has 4 rings (SSSR count). The largest absolute Gasteiger partial charge is 0.494 e. The van der Waals surface area contributed by atoms with Crippen LogP contribution in [0.25, 0.3) is 22.3 Å². The summed E-state index contributed by atoms with van der Waals surface area (Å²) < 4.78 is 17.7. The summed E-state index contributed by atoms with van der Waals surface area (Å²) in [6.07, 6.45) is 1.85. The predicted molar refractivity (Wildman–Crippen MR) is 134 cm³/mol. The second kappa shape index (κ2) is 10.7. The molecule has 0 atom stereocenters. The number of amidine groups is 1. The Labute approximate surface area is 194 Å². The van der Waals surface area contributed by atoms with Crippen molar-refractivity contribution in [3.63, 3.8) is 0 Å². The van der Waals surface area contributed by atoms with Crippen LogP contribution < -0.4 is 15.2 Å². The van der Waals surface area contributed by atoms with Crippen molar-refractivity contribution >= 4 is 16.8 Å². The number of fused-ring (bicyclic) bond motifs is 1. The first-order valence-corrected chi connectivity index (χ1v) is 11.4. The highest BCUT2D eigenvalue weighted by atomic mass is 16.5. The lowest BCUT2D eigenvalue weighted by molar-refractivity contribution is 0.266. The van der Waals surface area contributed by atoms with Crippen LogP contribution in [0, 0.1) is 0 Å². The molecule has 4 aromatic rings. The van der Waals surface area contributed by atoms with Gasteiger partial charge in [-0.3, -0.25) is 4.99 Å². The van der Waals surface area contributed by atoms with Crippen molar-refractivity contribution in [1.29, 1.82) is 0 Å². The second-order valence-electron chi connectivity index (χ2n) is 8.22. The van der Waals surface area contributed by atoms with E-state index in [2.05, 4.69) is 4.99 Å². The number of furan rings is 1. The highest BCUT2D eigenvalue weighted by Gasteiger charge is 2.10. The summed E-state index contributed by atoms with van der Waals surface area (Å²) in [5.74, 6) is 3.06. The van der Waals surface area contributed by atoms with Gasteiger partial charge in [-0.15, -0.1) is 0 Å². The van der Waals surface area contributed by atoms with Gasteiger partial charge in [-0.1, -0.05) is 30.3 Å². The summed E-state index contributed by atoms with van der Waals surface area (Å²) in [6, 6.07) is 25.9. The quantitative estimate of drug-likeness (QED) is 0.174. The van der Waals surface area contributed by atoms with Gasteiger partial charge in [-0.05, 0) is 75.2 Å². The third kappa shape index (κ3) is 6.16. The fraction of sp³-hybridized carbons (Fsp3) is 0.250. The Kier molecular flexibility index (Phi) is 7.30. The summed E-state index contributed by atoms with van der Waals surface area (Å²) in [7, 11) is 0. The van der Waals surface area contributed by atoms with Crippen LogP contribution in [0.15, 0.2) is 88.3 Å². The molecule has 0 radical (unpaired) electrons. The molecule has 0 spiro atoms. The SMILES string of the molecule is CC(C)N=C(N)c1ccc2oc(-c3cccc(OCCCCOc4ccccc4)c3)cc2c1. The number of ether oxygens (including phenoxy) is 2. The van der Waals surface area contributed by atoms with E-state index >= 15 is 0 Å². The lowest BCUT2D eigenvalue weighted by atomic mass is 10.1. The van der Waals surface area contributed by atoms with Gasteiger partial charge in [-0.25, -0.2) is 0 Å². The third-order valence-electron chi connectivity index (χ3n) is 5.15. The molecule has 1 heterocycles. The van der Waals surface area contributed by atoms with Gasteiger partial charge in [0, 0.05) is 22.6 Å². The van der Waals surface area contributed by atoms with E-state index in [0.29, 0.717) is 19.0 Å². The van der Waals surface area contributed by atoms with Gasteiger partial charge in [0.15, 0.2) is 0 Å². The van der Waals surface area contributed by atoms with Crippen molar-refractivity contribution in [2.24, 2.45) is 10.7 Å². The zero-order valence-electron chi connectivity index (χ0n) is 19.2. The lowest BCUT2D eigenvalue weighted by Crippen LogP contribution is -2.15. The average Bonchev–Trinajstić information content (AvgIpc) is 3.25. The van der Waals surface area contributed by atoms with Crippen molar-refractivity contribution in [2.45, 2.75) is 32.7 Å². The topological polar surface area (TPSA) is 70.0 Å². The third-order valence-corrected chi connectivity index (χ3v) is 5.15. The normalized spacial score (nSPS) is 11.8. The molecule has 0 saturated heterocycles. The van der Waals surface area contributed by atoms with Crippen LogP contribution >= 0.6 is 0 Å². The molecular weight excluding hydrogens is 412 g/mol. The Morgan fingerprint density at radius 2 is 1.58 bits per heavy atom. The number of benzene rings is 3. The maximum atomic E-state index is 6.13. The first-order valence-electron chi connectivity index (χ1n) is 11.4. The number of nitrogens with two attached hydrogens (primary N) is 1. The zero-order valence-corrected chi connectivity index (χ0v) is 19.2. The number of hydrogen-bond acceptors (Lipinski definition) is 4. The number of hydrogen-bond donors (Lipinski definition) is 1. The molecule has 3 aromatic carbocycles. The van der Waals surface area contributed by atoms with Crippen LogP contribution in [-0.2, 0) is 0 Å². The van der Waals surface area contributed by atoms with E-state index in [1.165, 1.54) is 0 Å². The zero-order chi connectivity index (χ0) is 23.0. The Morgan fingerprint density at radius 3 is 2.33 bits per heavy atom. The van der Waals surface area contributed by atoms with Gasteiger partial charge >= 0.3 is 0 Å². The van der Waals surface area contributed by atoms with Gasteiger partial charge in [0.05, 0.1) is 13.2 Å². The van der Waals surface area contributed by atoms with E-state index in [1.807, 2.05) is 92.7 Å². The van der Waals surface area contributed by atoms with Crippen molar-refractivity contribution in [1.82, 2.24) is 0 Å². The summed E-state index contributed by atoms with van der Waals surface area (Å²) in [4.78, 5) is 4.43. The van der Waals surface area contributed by atoms with Crippen LogP contribution in [0.1, 0.15) is 32.3 Å². The van der Waals surface area contributed by atoms with E-state index in [4.69, 9.17) is 19.6 Å². The average molecular weight is 443 g/mol. The standard InChI is InChI=1S/C28H30N2O3/c1-20(2)30-28(29)22-13-14-26-23(17-22)19-27(33-26)21-9-8-12-25(18-21)32-16-7-6-15-31-24-10-4-3-5-11-24/h3-5,8-14,17-20H,6-7,15-16H2,1-2H3,(H2,29,30). The van der Waals surface area contributed by atoms with Crippen molar-refractivity contribution in [2.75, 3.05) is 13.2 Å². The highest BCUT2D eigenvalue weighted by molar-refractivity contribution is 6.01. The molecule has 0 fully saturated rings. The molecule has 2 N–H and O–H groups in total. The number of para-hydroxylation sites is 1. The molecule has 0 saturated carbocycles. The number of rotatable bonds is 10. The maximum Gasteiger partial charge on any atom is 0.135 e. The lowest BCUT2D eigenvalue weighted by Gasteiger charge is -2.08. The first kappa shape index (κ1) is 22.5. The number of unbranched alkanes of at least 4 members (excludes halogenated alkanes) is 1. The molecular formula is C28H30N2O3. The van der Waals surface area contributed by atoms with Gasteiger partial charge in [0.2, 0.25) is 0 Å². The fourth-order valence-electron chi connectivity index (χ4n) is 3.54. The summed E-state index contributed by atoms with van der Waals surface area (Å²) in [5.41, 5.74) is 8.82. The predicted octanol–water partition coefficient (Wildman–Crippen LogP) is 6.45. The molecule has 0 aliphatic carbocycles. The van der Waals surface area contributed by atoms with Crippen LogP contribution in [0.5, 0.6) is 11.5 Å². The molecule has 170 valence electrons. The Balaban J connectivity index is 1.35. The minimum Gasteiger partial charge on any atom is -0.494 e. The molecule has 0 aliphatic rings. The molecule has 5 heteroatoms. The van der Waals surface area contributed by atoms with Crippen LogP contribution in [0.3, 0.4) is 0 Å². The van der Waals surface area contributed by atoms with Gasteiger partial charge in [0.1, 0.15) is 28.7 Å². The van der Waals surface area contributed by atoms with E-state index in [0.717, 1.165) is 52.2 Å². The second-order valence-corrected chi connectivity index (χ2v) is 8.22. The maximum absolute atomic E-state index is 6.13. The fourth-order valence-corrected chi connectivity index (χ4v) is 3.54. The molecule has 0 bridgehead atoms. The Morgan fingerprint density at radius 1 is 0.848 bits per heavy atom. The smallest absolute Gasteiger partial charge is 0.135 e. The Hall–Kier alpha value is -3.73. The summed E-state index contributed by atoms with van der Waals surface area (Å²) >= 11 is 0. The minimum atomic E-state index is 0.153. The summed E-state index contributed by atoms with van der Waals surface area (Å²) in [5, 5.41) is 0.995. The van der Waals surface area contributed by atoms with Crippen LogP contribution in [0.2, 0.25) is 0 Å². The molecule has 33 heavy (non-hydrogen) atoms. The summed E-state index contributed by atoms with van der Waals surface area (Å²) in [6.45, 7) is 5.34. The van der Waals surface area contributed by atoms with Crippen molar-refractivity contribution in [3.8, 4) is 22.8 Å². The van der Waals surface area contributed by atoms with Crippen molar-refractivity contribution in [3.05, 3.63) is 84.4 Å². The molecule has 0 unspecified atom stereocenters. The van der Waals surface area contributed by atoms with Gasteiger partial charge in [-0.2, -0.15) is 0 Å². The number of nitrogens with zero attached hydrogens (tertiary/aromatic N) is 1. The highest BCUT2D eigenvalue weighted by Crippen LogP contribution is 2.30. The molecule has 0 amide bonds. The van der Waals surface area contributed by atoms with E-state index in [9.17, 15) is 0 Å². The minimum absolute atomic E-state index is 0.153. The van der Waals surface area contributed by atoms with E-state index in [1.54, 1.807) is 0 Å². The molecule has 1 aromatic heterocycles.